The Hall–Kier alpha value is -2.67. The molecule has 2 N–H and O–H groups in total. The number of rotatable bonds is 9. The molecule has 1 aromatic rings. The van der Waals surface area contributed by atoms with E-state index in [9.17, 15) is 14.4 Å². The van der Waals surface area contributed by atoms with Gasteiger partial charge in [-0.2, -0.15) is 0 Å². The van der Waals surface area contributed by atoms with Crippen molar-refractivity contribution in [3.05, 3.63) is 35.9 Å². The van der Waals surface area contributed by atoms with Gasteiger partial charge in [-0.05, 0) is 37.6 Å². The first-order valence-electron chi connectivity index (χ1n) is 8.37. The number of ether oxygens (including phenoxy) is 2. The molecule has 0 spiro atoms. The minimum absolute atomic E-state index is 0.0457. The molecule has 0 saturated carbocycles. The third-order valence-corrected chi connectivity index (χ3v) is 3.32. The fourth-order valence-corrected chi connectivity index (χ4v) is 2.09. The molecule has 0 aliphatic carbocycles. The van der Waals surface area contributed by atoms with E-state index >= 15 is 0 Å². The second-order valence-electron chi connectivity index (χ2n) is 5.93. The molecule has 0 aliphatic heterocycles. The summed E-state index contributed by atoms with van der Waals surface area (Å²) in [5, 5.41) is 5.28. The molecular weight excluding hydrogens is 336 g/mol. The van der Waals surface area contributed by atoms with Gasteiger partial charge in [-0.25, -0.2) is 4.79 Å². The van der Waals surface area contributed by atoms with Crippen molar-refractivity contribution < 1.29 is 23.9 Å². The van der Waals surface area contributed by atoms with E-state index in [1.807, 2.05) is 13.8 Å². The van der Waals surface area contributed by atoms with E-state index in [4.69, 9.17) is 9.47 Å². The van der Waals surface area contributed by atoms with E-state index in [1.165, 1.54) is 20.1 Å². The summed E-state index contributed by atoms with van der Waals surface area (Å²) in [6, 6.07) is 6.24. The van der Waals surface area contributed by atoms with Crippen LogP contribution in [-0.4, -0.2) is 43.6 Å². The van der Waals surface area contributed by atoms with Crippen LogP contribution in [0.2, 0.25) is 0 Å². The maximum atomic E-state index is 12.1. The zero-order valence-electron chi connectivity index (χ0n) is 15.6. The summed E-state index contributed by atoms with van der Waals surface area (Å²) in [6.45, 7) is 5.56. The van der Waals surface area contributed by atoms with Crippen LogP contribution in [-0.2, 0) is 23.9 Å². The number of carbonyl (C=O) groups is 3. The second kappa shape index (κ2) is 11.0. The van der Waals surface area contributed by atoms with Crippen LogP contribution in [0, 0.1) is 0 Å². The quantitative estimate of drug-likeness (QED) is 0.518. The molecule has 1 atom stereocenters. The van der Waals surface area contributed by atoms with Crippen LogP contribution in [0.5, 0.6) is 0 Å². The summed E-state index contributed by atoms with van der Waals surface area (Å²) in [5.74, 6) is -1.07. The van der Waals surface area contributed by atoms with Crippen molar-refractivity contribution in [3.63, 3.8) is 0 Å². The fourth-order valence-electron chi connectivity index (χ4n) is 2.09. The molecule has 26 heavy (non-hydrogen) atoms. The van der Waals surface area contributed by atoms with Crippen LogP contribution in [0.25, 0.3) is 6.08 Å². The van der Waals surface area contributed by atoms with Gasteiger partial charge in [-0.15, -0.1) is 0 Å². The first-order valence-corrected chi connectivity index (χ1v) is 8.37. The third kappa shape index (κ3) is 8.43. The number of amides is 2. The molecule has 0 saturated heterocycles. The van der Waals surface area contributed by atoms with Gasteiger partial charge >= 0.3 is 5.97 Å². The molecule has 1 rings (SSSR count). The van der Waals surface area contributed by atoms with E-state index in [2.05, 4.69) is 10.6 Å². The number of carbonyl (C=O) groups excluding carboxylic acids is 3. The lowest BCUT2D eigenvalue weighted by Gasteiger charge is -2.16. The van der Waals surface area contributed by atoms with Crippen LogP contribution in [0.15, 0.2) is 30.3 Å². The number of hydrogen-bond donors (Lipinski definition) is 2. The van der Waals surface area contributed by atoms with E-state index in [0.717, 1.165) is 5.56 Å². The topological polar surface area (TPSA) is 93.7 Å². The zero-order valence-corrected chi connectivity index (χ0v) is 15.6. The highest BCUT2D eigenvalue weighted by atomic mass is 16.5. The Kier molecular flexibility index (Phi) is 9.08. The van der Waals surface area contributed by atoms with Gasteiger partial charge in [0.1, 0.15) is 6.04 Å². The van der Waals surface area contributed by atoms with Gasteiger partial charge in [0.15, 0.2) is 0 Å². The predicted molar refractivity (Wildman–Crippen MR) is 99.4 cm³/mol. The van der Waals surface area contributed by atoms with Crippen LogP contribution in [0.1, 0.15) is 32.8 Å². The number of esters is 1. The number of benzene rings is 1. The molecule has 0 aromatic heterocycles. The van der Waals surface area contributed by atoms with Crippen LogP contribution < -0.4 is 10.6 Å². The Morgan fingerprint density at radius 3 is 2.35 bits per heavy atom. The second-order valence-corrected chi connectivity index (χ2v) is 5.93. The highest BCUT2D eigenvalue weighted by Crippen LogP contribution is 2.10. The molecule has 142 valence electrons. The van der Waals surface area contributed by atoms with Crippen molar-refractivity contribution >= 4 is 29.5 Å². The zero-order chi connectivity index (χ0) is 19.5. The number of hydrogen-bond acceptors (Lipinski definition) is 5. The summed E-state index contributed by atoms with van der Waals surface area (Å²) >= 11 is 0. The maximum Gasteiger partial charge on any atom is 0.328 e. The average Bonchev–Trinajstić information content (AvgIpc) is 2.58. The SMILES string of the molecule is COC(=O)C(CCOC(C)C)NC(=O)C=Cc1ccc(NC(C)=O)cc1. The van der Waals surface area contributed by atoms with E-state index in [-0.39, 0.29) is 12.0 Å². The van der Waals surface area contributed by atoms with Gasteiger partial charge in [0.05, 0.1) is 13.2 Å². The first-order chi connectivity index (χ1) is 12.3. The lowest BCUT2D eigenvalue weighted by atomic mass is 10.2. The third-order valence-electron chi connectivity index (χ3n) is 3.32. The highest BCUT2D eigenvalue weighted by Gasteiger charge is 2.20. The number of nitrogens with one attached hydrogen (secondary N) is 2. The Bertz CT molecular complexity index is 638. The number of methoxy groups -OCH3 is 1. The molecule has 7 heteroatoms. The van der Waals surface area contributed by atoms with Gasteiger partial charge in [-0.1, -0.05) is 12.1 Å². The van der Waals surface area contributed by atoms with Crippen LogP contribution in [0.3, 0.4) is 0 Å². The van der Waals surface area contributed by atoms with Gasteiger partial charge in [0.25, 0.3) is 0 Å². The van der Waals surface area contributed by atoms with E-state index in [1.54, 1.807) is 30.3 Å². The van der Waals surface area contributed by atoms with Crippen molar-refractivity contribution in [2.45, 2.75) is 39.3 Å². The summed E-state index contributed by atoms with van der Waals surface area (Å²) in [5.41, 5.74) is 1.46. The molecule has 0 bridgehead atoms. The largest absolute Gasteiger partial charge is 0.467 e. The van der Waals surface area contributed by atoms with E-state index in [0.29, 0.717) is 18.7 Å². The maximum absolute atomic E-state index is 12.1. The summed E-state index contributed by atoms with van der Waals surface area (Å²) in [4.78, 5) is 34.8. The highest BCUT2D eigenvalue weighted by molar-refractivity contribution is 5.94. The summed E-state index contributed by atoms with van der Waals surface area (Å²) in [6.07, 6.45) is 3.33. The van der Waals surface area contributed by atoms with Gasteiger partial charge in [0, 0.05) is 31.7 Å². The van der Waals surface area contributed by atoms with Crippen LogP contribution in [0.4, 0.5) is 5.69 Å². The van der Waals surface area contributed by atoms with Gasteiger partial charge in [0.2, 0.25) is 11.8 Å². The van der Waals surface area contributed by atoms with Crippen molar-refractivity contribution in [3.8, 4) is 0 Å². The smallest absolute Gasteiger partial charge is 0.328 e. The summed E-state index contributed by atoms with van der Waals surface area (Å²) < 4.78 is 10.1. The Balaban J connectivity index is 2.61. The predicted octanol–water partition coefficient (Wildman–Crippen LogP) is 2.13. The molecule has 0 aliphatic rings. The molecule has 1 unspecified atom stereocenters. The standard InChI is InChI=1S/C19H26N2O5/c1-13(2)26-12-11-17(19(24)25-4)21-18(23)10-7-15-5-8-16(9-6-15)20-14(3)22/h5-10,13,17H,11-12H2,1-4H3,(H,20,22)(H,21,23). The Morgan fingerprint density at radius 1 is 1.15 bits per heavy atom. The van der Waals surface area contributed by atoms with E-state index < -0.39 is 17.9 Å². The fraction of sp³-hybridized carbons (Fsp3) is 0.421. The van der Waals surface area contributed by atoms with Gasteiger partial charge in [-0.3, -0.25) is 9.59 Å². The van der Waals surface area contributed by atoms with Crippen molar-refractivity contribution in [2.24, 2.45) is 0 Å². The first kappa shape index (κ1) is 21.4. The Labute approximate surface area is 153 Å². The van der Waals surface area contributed by atoms with Gasteiger partial charge < -0.3 is 20.1 Å². The molecule has 7 nitrogen and oxygen atoms in total. The lowest BCUT2D eigenvalue weighted by molar-refractivity contribution is -0.145. The van der Waals surface area contributed by atoms with Crippen molar-refractivity contribution in [2.75, 3.05) is 19.0 Å². The Morgan fingerprint density at radius 2 is 1.81 bits per heavy atom. The molecule has 0 radical (unpaired) electrons. The lowest BCUT2D eigenvalue weighted by Crippen LogP contribution is -2.41. The molecule has 1 aromatic carbocycles. The monoisotopic (exact) mass is 362 g/mol. The minimum Gasteiger partial charge on any atom is -0.467 e. The molecule has 0 fully saturated rings. The van der Waals surface area contributed by atoms with Crippen molar-refractivity contribution in [1.82, 2.24) is 5.32 Å². The summed E-state index contributed by atoms with van der Waals surface area (Å²) in [7, 11) is 1.28. The molecular formula is C19H26N2O5. The molecule has 2 amide bonds. The number of anilines is 1. The minimum atomic E-state index is -0.766. The molecule has 0 heterocycles. The normalized spacial score (nSPS) is 12.0. The van der Waals surface area contributed by atoms with Crippen LogP contribution >= 0.6 is 0 Å². The van der Waals surface area contributed by atoms with Crippen molar-refractivity contribution in [1.29, 1.82) is 0 Å². The average molecular weight is 362 g/mol.